The van der Waals surface area contributed by atoms with E-state index >= 15 is 0 Å². The highest BCUT2D eigenvalue weighted by Crippen LogP contribution is 2.33. The number of benzene rings is 2. The molecule has 1 aliphatic heterocycles. The van der Waals surface area contributed by atoms with Crippen molar-refractivity contribution in [2.24, 2.45) is 0 Å². The van der Waals surface area contributed by atoms with E-state index in [9.17, 15) is 0 Å². The molecule has 20 heavy (non-hydrogen) atoms. The molecule has 2 aromatic rings. The average molecular weight is 289 g/mol. The summed E-state index contributed by atoms with van der Waals surface area (Å²) in [4.78, 5) is 0. The molecule has 0 radical (unpaired) electrons. The molecule has 0 atom stereocenters. The highest BCUT2D eigenvalue weighted by molar-refractivity contribution is 6.30. The molecule has 0 N–H and O–H groups in total. The molecule has 0 spiro atoms. The summed E-state index contributed by atoms with van der Waals surface area (Å²) in [5.41, 5.74) is 4.52. The third-order valence-electron chi connectivity index (χ3n) is 3.55. The van der Waals surface area contributed by atoms with Gasteiger partial charge in [-0.15, -0.1) is 0 Å². The van der Waals surface area contributed by atoms with Gasteiger partial charge in [0.1, 0.15) is 18.1 Å². The lowest BCUT2D eigenvalue weighted by molar-refractivity contribution is 0.290. The normalized spacial score (nSPS) is 12.9. The summed E-state index contributed by atoms with van der Waals surface area (Å²) in [6.07, 6.45) is 0.923. The van der Waals surface area contributed by atoms with Crippen LogP contribution in [0.25, 0.3) is 0 Å². The molecule has 1 aliphatic rings. The van der Waals surface area contributed by atoms with E-state index in [1.807, 2.05) is 19.1 Å². The lowest BCUT2D eigenvalue weighted by Gasteiger charge is -2.13. The lowest BCUT2D eigenvalue weighted by atomic mass is 10.1. The highest BCUT2D eigenvalue weighted by Gasteiger charge is 2.18. The number of halogens is 1. The van der Waals surface area contributed by atoms with Crippen LogP contribution in [0.5, 0.6) is 11.5 Å². The van der Waals surface area contributed by atoms with Crippen LogP contribution in [0.4, 0.5) is 0 Å². The van der Waals surface area contributed by atoms with E-state index in [1.54, 1.807) is 0 Å². The summed E-state index contributed by atoms with van der Waals surface area (Å²) in [5.74, 6) is 1.86. The summed E-state index contributed by atoms with van der Waals surface area (Å²) in [7, 11) is 0. The van der Waals surface area contributed by atoms with Crippen molar-refractivity contribution >= 4 is 11.6 Å². The highest BCUT2D eigenvalue weighted by atomic mass is 35.5. The van der Waals surface area contributed by atoms with Gasteiger partial charge in [0, 0.05) is 17.0 Å². The first-order valence-corrected chi connectivity index (χ1v) is 7.15. The van der Waals surface area contributed by atoms with Gasteiger partial charge in [-0.25, -0.2) is 0 Å². The number of aryl methyl sites for hydroxylation is 2. The SMILES string of the molecule is Cc1ccc(C)c(OCc2cc(Cl)cc3c2OCC3)c1. The molecule has 104 valence electrons. The van der Waals surface area contributed by atoms with Gasteiger partial charge in [-0.2, -0.15) is 0 Å². The van der Waals surface area contributed by atoms with Gasteiger partial charge in [0.15, 0.2) is 0 Å². The summed E-state index contributed by atoms with van der Waals surface area (Å²) < 4.78 is 11.6. The third kappa shape index (κ3) is 2.61. The fourth-order valence-electron chi connectivity index (χ4n) is 2.47. The standard InChI is InChI=1S/C17H17ClO2/c1-11-3-4-12(2)16(7-11)20-10-14-9-15(18)8-13-5-6-19-17(13)14/h3-4,7-9H,5-6,10H2,1-2H3. The first-order chi connectivity index (χ1) is 9.63. The Labute approximate surface area is 124 Å². The Morgan fingerprint density at radius 2 is 2.05 bits per heavy atom. The Hall–Kier alpha value is -1.67. The maximum Gasteiger partial charge on any atom is 0.129 e. The molecule has 0 amide bonds. The Morgan fingerprint density at radius 1 is 1.20 bits per heavy atom. The number of hydrogen-bond acceptors (Lipinski definition) is 2. The van der Waals surface area contributed by atoms with Crippen LogP contribution in [0.2, 0.25) is 5.02 Å². The largest absolute Gasteiger partial charge is 0.493 e. The summed E-state index contributed by atoms with van der Waals surface area (Å²) in [6, 6.07) is 10.1. The zero-order valence-corrected chi connectivity index (χ0v) is 12.5. The monoisotopic (exact) mass is 288 g/mol. The molecule has 0 aliphatic carbocycles. The molecule has 1 heterocycles. The minimum absolute atomic E-state index is 0.479. The maximum absolute atomic E-state index is 6.16. The predicted octanol–water partition coefficient (Wildman–Crippen LogP) is 4.47. The molecule has 0 bridgehead atoms. The second kappa shape index (κ2) is 5.37. The molecular weight excluding hydrogens is 272 g/mol. The van der Waals surface area contributed by atoms with E-state index in [0.29, 0.717) is 6.61 Å². The molecule has 3 rings (SSSR count). The van der Waals surface area contributed by atoms with E-state index in [0.717, 1.165) is 40.7 Å². The minimum atomic E-state index is 0.479. The summed E-state index contributed by atoms with van der Waals surface area (Å²) in [5, 5.41) is 0.744. The second-order valence-electron chi connectivity index (χ2n) is 5.21. The summed E-state index contributed by atoms with van der Waals surface area (Å²) in [6.45, 7) is 5.32. The quantitative estimate of drug-likeness (QED) is 0.829. The molecule has 3 heteroatoms. The van der Waals surface area contributed by atoms with Gasteiger partial charge < -0.3 is 9.47 Å². The molecule has 0 saturated heterocycles. The maximum atomic E-state index is 6.16. The van der Waals surface area contributed by atoms with E-state index < -0.39 is 0 Å². The van der Waals surface area contributed by atoms with Crippen LogP contribution in [0.15, 0.2) is 30.3 Å². The van der Waals surface area contributed by atoms with Crippen LogP contribution in [-0.2, 0) is 13.0 Å². The van der Waals surface area contributed by atoms with Crippen LogP contribution in [0.3, 0.4) is 0 Å². The van der Waals surface area contributed by atoms with Crippen LogP contribution in [-0.4, -0.2) is 6.61 Å². The molecule has 0 unspecified atom stereocenters. The first kappa shape index (κ1) is 13.3. The Morgan fingerprint density at radius 3 is 2.90 bits per heavy atom. The molecule has 0 saturated carbocycles. The van der Waals surface area contributed by atoms with E-state index in [4.69, 9.17) is 21.1 Å². The summed E-state index contributed by atoms with van der Waals surface area (Å²) >= 11 is 6.16. The van der Waals surface area contributed by atoms with Gasteiger partial charge in [0.2, 0.25) is 0 Å². The number of fused-ring (bicyclic) bond motifs is 1. The first-order valence-electron chi connectivity index (χ1n) is 6.77. The van der Waals surface area contributed by atoms with Crippen molar-refractivity contribution < 1.29 is 9.47 Å². The van der Waals surface area contributed by atoms with Gasteiger partial charge in [-0.3, -0.25) is 0 Å². The van der Waals surface area contributed by atoms with Crippen LogP contribution < -0.4 is 9.47 Å². The number of rotatable bonds is 3. The predicted molar refractivity (Wildman–Crippen MR) is 80.9 cm³/mol. The van der Waals surface area contributed by atoms with Crippen molar-refractivity contribution in [1.82, 2.24) is 0 Å². The Bertz CT molecular complexity index is 650. The zero-order chi connectivity index (χ0) is 14.1. The second-order valence-corrected chi connectivity index (χ2v) is 5.65. The number of hydrogen-bond donors (Lipinski definition) is 0. The fourth-order valence-corrected chi connectivity index (χ4v) is 2.73. The van der Waals surface area contributed by atoms with Crippen molar-refractivity contribution in [3.63, 3.8) is 0 Å². The van der Waals surface area contributed by atoms with Crippen molar-refractivity contribution in [1.29, 1.82) is 0 Å². The van der Waals surface area contributed by atoms with Gasteiger partial charge in [-0.1, -0.05) is 23.7 Å². The minimum Gasteiger partial charge on any atom is -0.493 e. The van der Waals surface area contributed by atoms with E-state index in [-0.39, 0.29) is 0 Å². The lowest BCUT2D eigenvalue weighted by Crippen LogP contribution is -2.00. The van der Waals surface area contributed by atoms with Crippen molar-refractivity contribution in [3.8, 4) is 11.5 Å². The van der Waals surface area contributed by atoms with Crippen molar-refractivity contribution in [3.05, 3.63) is 57.6 Å². The van der Waals surface area contributed by atoms with Gasteiger partial charge >= 0.3 is 0 Å². The van der Waals surface area contributed by atoms with E-state index in [1.165, 1.54) is 11.1 Å². The van der Waals surface area contributed by atoms with Gasteiger partial charge in [0.25, 0.3) is 0 Å². The Kier molecular flexibility index (Phi) is 3.58. The average Bonchev–Trinajstić information content (AvgIpc) is 2.87. The third-order valence-corrected chi connectivity index (χ3v) is 3.77. The zero-order valence-electron chi connectivity index (χ0n) is 11.7. The molecule has 0 aromatic heterocycles. The van der Waals surface area contributed by atoms with Crippen LogP contribution in [0.1, 0.15) is 22.3 Å². The van der Waals surface area contributed by atoms with Gasteiger partial charge in [0.05, 0.1) is 6.61 Å². The van der Waals surface area contributed by atoms with Crippen molar-refractivity contribution in [2.75, 3.05) is 6.61 Å². The smallest absolute Gasteiger partial charge is 0.129 e. The van der Waals surface area contributed by atoms with Gasteiger partial charge in [-0.05, 0) is 48.7 Å². The van der Waals surface area contributed by atoms with Crippen molar-refractivity contribution in [2.45, 2.75) is 26.9 Å². The molecular formula is C17H17ClO2. The van der Waals surface area contributed by atoms with Crippen LogP contribution >= 0.6 is 11.6 Å². The molecule has 2 aromatic carbocycles. The molecule has 0 fully saturated rings. The van der Waals surface area contributed by atoms with E-state index in [2.05, 4.69) is 25.1 Å². The topological polar surface area (TPSA) is 18.5 Å². The van der Waals surface area contributed by atoms with Crippen LogP contribution in [0, 0.1) is 13.8 Å². The fraction of sp³-hybridized carbons (Fsp3) is 0.294. The molecule has 2 nitrogen and oxygen atoms in total. The Balaban J connectivity index is 1.84. The number of ether oxygens (including phenoxy) is 2.